The standard InChI is InChI=1S/C25H24FN5O2/c1-4-31-24-15(13-30-31)9-20-21(32-3)7-8-28-23(20)18-6-5-17(26)11-19(18)14(2)33-22-10-16(24)12-29-25(22)27/h5-8,10-14H,4,9H2,1-3H3,(H2,27,29)/t14-/m1/s1. The van der Waals surface area contributed by atoms with E-state index in [1.54, 1.807) is 25.6 Å². The minimum Gasteiger partial charge on any atom is -0.496 e. The van der Waals surface area contributed by atoms with Crippen molar-refractivity contribution in [3.8, 4) is 34.0 Å². The fraction of sp³-hybridized carbons (Fsp3) is 0.240. The molecule has 2 N–H and O–H groups in total. The molecule has 7 nitrogen and oxygen atoms in total. The summed E-state index contributed by atoms with van der Waals surface area (Å²) >= 11 is 0. The van der Waals surface area contributed by atoms with Crippen LogP contribution in [0.1, 0.15) is 36.6 Å². The zero-order valence-corrected chi connectivity index (χ0v) is 18.7. The SMILES string of the molecule is CCn1ncc2c1-c1cnc(N)c(c1)O[C@H](C)c1cc(F)ccc1-c1nccc(OC)c1C2. The van der Waals surface area contributed by atoms with Crippen molar-refractivity contribution < 1.29 is 13.9 Å². The van der Waals surface area contributed by atoms with Gasteiger partial charge in [0.15, 0.2) is 11.6 Å². The third-order valence-corrected chi connectivity index (χ3v) is 5.98. The van der Waals surface area contributed by atoms with E-state index in [4.69, 9.17) is 15.2 Å². The van der Waals surface area contributed by atoms with Crippen molar-refractivity contribution in [3.05, 3.63) is 71.4 Å². The van der Waals surface area contributed by atoms with E-state index in [-0.39, 0.29) is 11.6 Å². The van der Waals surface area contributed by atoms with Gasteiger partial charge >= 0.3 is 0 Å². The van der Waals surface area contributed by atoms with Crippen molar-refractivity contribution in [1.29, 1.82) is 0 Å². The topological polar surface area (TPSA) is 88.1 Å². The van der Waals surface area contributed by atoms with Crippen LogP contribution in [0.15, 0.2) is 48.9 Å². The van der Waals surface area contributed by atoms with E-state index in [0.717, 1.165) is 27.9 Å². The van der Waals surface area contributed by atoms with Gasteiger partial charge in [-0.3, -0.25) is 9.67 Å². The lowest BCUT2D eigenvalue weighted by atomic mass is 9.93. The molecule has 1 aliphatic rings. The monoisotopic (exact) mass is 445 g/mol. The number of nitrogens with zero attached hydrogens (tertiary/aromatic N) is 4. The average molecular weight is 445 g/mol. The molecule has 5 rings (SSSR count). The van der Waals surface area contributed by atoms with Gasteiger partial charge in [-0.15, -0.1) is 0 Å². The first-order valence-corrected chi connectivity index (χ1v) is 10.8. The Labute approximate surface area is 191 Å². The van der Waals surface area contributed by atoms with Crippen LogP contribution in [0.5, 0.6) is 11.5 Å². The van der Waals surface area contributed by atoms with E-state index in [1.165, 1.54) is 12.1 Å². The Balaban J connectivity index is 1.85. The highest BCUT2D eigenvalue weighted by atomic mass is 19.1. The summed E-state index contributed by atoms with van der Waals surface area (Å²) in [6.45, 7) is 4.58. The van der Waals surface area contributed by atoms with Crippen molar-refractivity contribution in [3.63, 3.8) is 0 Å². The predicted molar refractivity (Wildman–Crippen MR) is 124 cm³/mol. The van der Waals surface area contributed by atoms with Gasteiger partial charge in [-0.1, -0.05) is 0 Å². The molecule has 0 saturated heterocycles. The van der Waals surface area contributed by atoms with E-state index in [0.29, 0.717) is 35.7 Å². The molecule has 0 spiro atoms. The first-order chi connectivity index (χ1) is 16.0. The number of anilines is 1. The van der Waals surface area contributed by atoms with Crippen molar-refractivity contribution in [1.82, 2.24) is 19.7 Å². The molecule has 8 heteroatoms. The quantitative estimate of drug-likeness (QED) is 0.477. The lowest BCUT2D eigenvalue weighted by molar-refractivity contribution is 0.227. The van der Waals surface area contributed by atoms with Crippen LogP contribution in [0, 0.1) is 5.82 Å². The van der Waals surface area contributed by atoms with Crippen LogP contribution in [0.3, 0.4) is 0 Å². The molecule has 0 radical (unpaired) electrons. The molecular weight excluding hydrogens is 421 g/mol. The van der Waals surface area contributed by atoms with Gasteiger partial charge in [-0.05, 0) is 44.2 Å². The highest BCUT2D eigenvalue weighted by Crippen LogP contribution is 2.40. The third kappa shape index (κ3) is 3.57. The number of hydrogen-bond donors (Lipinski definition) is 1. The Morgan fingerprint density at radius 3 is 2.85 bits per heavy atom. The summed E-state index contributed by atoms with van der Waals surface area (Å²) in [6, 6.07) is 8.34. The van der Waals surface area contributed by atoms with Crippen LogP contribution >= 0.6 is 0 Å². The molecule has 4 aromatic rings. The van der Waals surface area contributed by atoms with Crippen LogP contribution in [-0.4, -0.2) is 26.9 Å². The second kappa shape index (κ2) is 8.20. The molecule has 0 saturated carbocycles. The maximum atomic E-state index is 14.3. The largest absolute Gasteiger partial charge is 0.496 e. The number of halogens is 1. The average Bonchev–Trinajstić information content (AvgIpc) is 3.22. The summed E-state index contributed by atoms with van der Waals surface area (Å²) in [4.78, 5) is 9.05. The van der Waals surface area contributed by atoms with Gasteiger partial charge in [0.05, 0.1) is 24.7 Å². The van der Waals surface area contributed by atoms with Crippen LogP contribution in [0.25, 0.3) is 22.5 Å². The number of rotatable bonds is 2. The fourth-order valence-electron chi connectivity index (χ4n) is 4.41. The second-order valence-corrected chi connectivity index (χ2v) is 7.95. The van der Waals surface area contributed by atoms with E-state index < -0.39 is 6.10 Å². The van der Waals surface area contributed by atoms with Crippen molar-refractivity contribution in [2.75, 3.05) is 12.8 Å². The van der Waals surface area contributed by atoms with Crippen LogP contribution in [0.2, 0.25) is 0 Å². The zero-order chi connectivity index (χ0) is 23.1. The number of ether oxygens (including phenoxy) is 2. The number of methoxy groups -OCH3 is 1. The second-order valence-electron chi connectivity index (χ2n) is 7.95. The molecule has 168 valence electrons. The van der Waals surface area contributed by atoms with Gasteiger partial charge in [0.25, 0.3) is 0 Å². The number of aryl methyl sites for hydroxylation is 1. The Morgan fingerprint density at radius 2 is 2.06 bits per heavy atom. The lowest BCUT2D eigenvalue weighted by Crippen LogP contribution is -2.11. The van der Waals surface area contributed by atoms with Crippen LogP contribution in [-0.2, 0) is 13.0 Å². The Morgan fingerprint density at radius 1 is 1.21 bits per heavy atom. The van der Waals surface area contributed by atoms with Crippen molar-refractivity contribution in [2.45, 2.75) is 32.9 Å². The molecular formula is C25H24FN5O2. The molecule has 1 aliphatic heterocycles. The summed E-state index contributed by atoms with van der Waals surface area (Å²) in [5, 5.41) is 4.59. The normalized spacial score (nSPS) is 14.7. The van der Waals surface area contributed by atoms with E-state index in [2.05, 4.69) is 15.1 Å². The van der Waals surface area contributed by atoms with Crippen LogP contribution in [0.4, 0.5) is 10.2 Å². The molecule has 0 aliphatic carbocycles. The number of nitrogen functional groups attached to an aromatic ring is 1. The summed E-state index contributed by atoms with van der Waals surface area (Å²) < 4.78 is 28.2. The number of pyridine rings is 2. The zero-order valence-electron chi connectivity index (χ0n) is 18.7. The number of benzene rings is 1. The highest BCUT2D eigenvalue weighted by molar-refractivity contribution is 5.73. The maximum absolute atomic E-state index is 14.3. The van der Waals surface area contributed by atoms with Gasteiger partial charge < -0.3 is 15.2 Å². The molecule has 3 aromatic heterocycles. The minimum absolute atomic E-state index is 0.268. The number of nitrogens with two attached hydrogens (primary N) is 1. The Bertz CT molecular complexity index is 1350. The molecule has 4 heterocycles. The third-order valence-electron chi connectivity index (χ3n) is 5.98. The Kier molecular flexibility index (Phi) is 5.20. The van der Waals surface area contributed by atoms with Crippen molar-refractivity contribution in [2.24, 2.45) is 0 Å². The lowest BCUT2D eigenvalue weighted by Gasteiger charge is -2.22. The molecule has 0 unspecified atom stereocenters. The minimum atomic E-state index is -0.508. The molecule has 1 atom stereocenters. The fourth-order valence-corrected chi connectivity index (χ4v) is 4.41. The predicted octanol–water partition coefficient (Wildman–Crippen LogP) is 4.80. The van der Waals surface area contributed by atoms with E-state index >= 15 is 0 Å². The summed E-state index contributed by atoms with van der Waals surface area (Å²) in [7, 11) is 1.63. The first kappa shape index (κ1) is 20.9. The van der Waals surface area contributed by atoms with Gasteiger partial charge in [0, 0.05) is 53.2 Å². The van der Waals surface area contributed by atoms with E-state index in [9.17, 15) is 4.39 Å². The van der Waals surface area contributed by atoms with Gasteiger partial charge in [-0.25, -0.2) is 9.37 Å². The van der Waals surface area contributed by atoms with Crippen LogP contribution < -0.4 is 15.2 Å². The number of hydrogen-bond acceptors (Lipinski definition) is 6. The van der Waals surface area contributed by atoms with Gasteiger partial charge in [0.1, 0.15) is 17.7 Å². The first-order valence-electron chi connectivity index (χ1n) is 10.8. The van der Waals surface area contributed by atoms with Gasteiger partial charge in [-0.2, -0.15) is 5.10 Å². The highest BCUT2D eigenvalue weighted by Gasteiger charge is 2.24. The smallest absolute Gasteiger partial charge is 0.166 e. The molecule has 2 bridgehead atoms. The Hall–Kier alpha value is -3.94. The molecule has 0 amide bonds. The summed E-state index contributed by atoms with van der Waals surface area (Å²) in [6.07, 6.45) is 5.29. The molecule has 33 heavy (non-hydrogen) atoms. The van der Waals surface area contributed by atoms with E-state index in [1.807, 2.05) is 36.9 Å². The maximum Gasteiger partial charge on any atom is 0.166 e. The van der Waals surface area contributed by atoms with Crippen molar-refractivity contribution >= 4 is 5.82 Å². The molecule has 1 aromatic carbocycles. The number of aromatic nitrogens is 4. The summed E-state index contributed by atoms with van der Waals surface area (Å²) in [5.74, 6) is 1.05. The number of fused-ring (bicyclic) bond motifs is 7. The molecule has 0 fully saturated rings. The van der Waals surface area contributed by atoms with Gasteiger partial charge in [0.2, 0.25) is 0 Å². The summed E-state index contributed by atoms with van der Waals surface area (Å²) in [5.41, 5.74) is 11.9.